The molecule has 0 bridgehead atoms. The minimum absolute atomic E-state index is 0.706. The van der Waals surface area contributed by atoms with E-state index in [2.05, 4.69) is 10.3 Å². The predicted octanol–water partition coefficient (Wildman–Crippen LogP) is 3.13. The van der Waals surface area contributed by atoms with Gasteiger partial charge < -0.3 is 9.88 Å². The molecule has 0 radical (unpaired) electrons. The molecule has 15 heavy (non-hydrogen) atoms. The van der Waals surface area contributed by atoms with Gasteiger partial charge in [0.05, 0.1) is 10.7 Å². The van der Waals surface area contributed by atoms with E-state index >= 15 is 0 Å². The van der Waals surface area contributed by atoms with Gasteiger partial charge in [0.15, 0.2) is 0 Å². The van der Waals surface area contributed by atoms with Gasteiger partial charge in [0.2, 0.25) is 5.95 Å². The molecule has 0 aliphatic carbocycles. The Balaban J connectivity index is 2.36. The lowest BCUT2D eigenvalue weighted by Gasteiger charge is -2.10. The standard InChI is InChI=1S/C11H12ClN3/c1-8-4-3-5-9(12)10(8)14-11-13-6-7-15(11)2/h3-7H,1-2H3,(H,13,14). The first-order chi connectivity index (χ1) is 7.18. The second-order valence-corrected chi connectivity index (χ2v) is 3.83. The molecule has 78 valence electrons. The van der Waals surface area contributed by atoms with Crippen molar-refractivity contribution in [2.75, 3.05) is 5.32 Å². The highest BCUT2D eigenvalue weighted by Crippen LogP contribution is 2.27. The second-order valence-electron chi connectivity index (χ2n) is 3.42. The maximum Gasteiger partial charge on any atom is 0.207 e. The van der Waals surface area contributed by atoms with Crippen LogP contribution in [0, 0.1) is 6.92 Å². The fourth-order valence-corrected chi connectivity index (χ4v) is 1.66. The molecular weight excluding hydrogens is 210 g/mol. The molecule has 0 saturated heterocycles. The summed E-state index contributed by atoms with van der Waals surface area (Å²) in [6.45, 7) is 2.01. The van der Waals surface area contributed by atoms with Gasteiger partial charge in [-0.05, 0) is 18.6 Å². The van der Waals surface area contributed by atoms with Gasteiger partial charge >= 0.3 is 0 Å². The van der Waals surface area contributed by atoms with Crippen molar-refractivity contribution in [1.82, 2.24) is 9.55 Å². The number of benzene rings is 1. The Bertz CT molecular complexity index is 456. The number of hydrogen-bond donors (Lipinski definition) is 1. The van der Waals surface area contributed by atoms with Gasteiger partial charge in [0.1, 0.15) is 0 Å². The topological polar surface area (TPSA) is 29.9 Å². The summed E-state index contributed by atoms with van der Waals surface area (Å²) in [5.74, 6) is 0.784. The summed E-state index contributed by atoms with van der Waals surface area (Å²) in [6, 6.07) is 5.80. The Morgan fingerprint density at radius 3 is 2.80 bits per heavy atom. The lowest BCUT2D eigenvalue weighted by atomic mass is 10.2. The highest BCUT2D eigenvalue weighted by molar-refractivity contribution is 6.33. The Morgan fingerprint density at radius 2 is 2.20 bits per heavy atom. The van der Waals surface area contributed by atoms with Crippen LogP contribution in [0.25, 0.3) is 0 Å². The largest absolute Gasteiger partial charge is 0.324 e. The van der Waals surface area contributed by atoms with Crippen LogP contribution in [0.5, 0.6) is 0 Å². The lowest BCUT2D eigenvalue weighted by Crippen LogP contribution is -2.00. The molecule has 1 N–H and O–H groups in total. The van der Waals surface area contributed by atoms with Crippen LogP contribution in [-0.4, -0.2) is 9.55 Å². The highest BCUT2D eigenvalue weighted by Gasteiger charge is 2.05. The van der Waals surface area contributed by atoms with Crippen molar-refractivity contribution in [3.8, 4) is 0 Å². The number of rotatable bonds is 2. The second kappa shape index (κ2) is 3.95. The minimum atomic E-state index is 0.706. The molecule has 0 spiro atoms. The van der Waals surface area contributed by atoms with Gasteiger partial charge in [-0.2, -0.15) is 0 Å². The summed E-state index contributed by atoms with van der Waals surface area (Å²) >= 11 is 6.10. The van der Waals surface area contributed by atoms with E-state index in [0.717, 1.165) is 17.2 Å². The zero-order valence-electron chi connectivity index (χ0n) is 8.66. The number of para-hydroxylation sites is 1. The summed E-state index contributed by atoms with van der Waals surface area (Å²) in [5, 5.41) is 3.92. The van der Waals surface area contributed by atoms with Gasteiger partial charge in [-0.25, -0.2) is 4.98 Å². The Kier molecular flexibility index (Phi) is 2.64. The van der Waals surface area contributed by atoms with Gasteiger partial charge in [-0.3, -0.25) is 0 Å². The van der Waals surface area contributed by atoms with Gasteiger partial charge in [-0.15, -0.1) is 0 Å². The third-order valence-electron chi connectivity index (χ3n) is 2.28. The molecule has 0 unspecified atom stereocenters. The van der Waals surface area contributed by atoms with Crippen molar-refractivity contribution in [3.63, 3.8) is 0 Å². The zero-order valence-corrected chi connectivity index (χ0v) is 9.42. The van der Waals surface area contributed by atoms with Crippen molar-refractivity contribution in [3.05, 3.63) is 41.2 Å². The first kappa shape index (κ1) is 10.1. The van der Waals surface area contributed by atoms with Crippen molar-refractivity contribution in [2.45, 2.75) is 6.92 Å². The molecule has 1 aromatic heterocycles. The maximum absolute atomic E-state index is 6.10. The van der Waals surface area contributed by atoms with Crippen molar-refractivity contribution < 1.29 is 0 Å². The molecule has 0 amide bonds. The first-order valence-corrected chi connectivity index (χ1v) is 5.06. The lowest BCUT2D eigenvalue weighted by molar-refractivity contribution is 0.924. The average Bonchev–Trinajstić information content (AvgIpc) is 2.58. The Hall–Kier alpha value is -1.48. The summed E-state index contributed by atoms with van der Waals surface area (Å²) in [7, 11) is 1.93. The monoisotopic (exact) mass is 221 g/mol. The SMILES string of the molecule is Cc1cccc(Cl)c1Nc1nccn1C. The third kappa shape index (κ3) is 1.97. The molecule has 0 saturated carbocycles. The first-order valence-electron chi connectivity index (χ1n) is 4.68. The average molecular weight is 222 g/mol. The van der Waals surface area contributed by atoms with E-state index in [4.69, 9.17) is 11.6 Å². The Labute approximate surface area is 93.7 Å². The zero-order chi connectivity index (χ0) is 10.8. The Morgan fingerprint density at radius 1 is 1.40 bits per heavy atom. The molecule has 0 fully saturated rings. The molecule has 0 aliphatic rings. The van der Waals surface area contributed by atoms with E-state index in [1.54, 1.807) is 6.20 Å². The molecule has 0 aliphatic heterocycles. The van der Waals surface area contributed by atoms with Crippen LogP contribution in [0.2, 0.25) is 5.02 Å². The van der Waals surface area contributed by atoms with E-state index in [-0.39, 0.29) is 0 Å². The molecule has 1 heterocycles. The highest BCUT2D eigenvalue weighted by atomic mass is 35.5. The molecule has 3 nitrogen and oxygen atoms in total. The molecule has 2 rings (SSSR count). The predicted molar refractivity (Wildman–Crippen MR) is 62.7 cm³/mol. The number of aromatic nitrogens is 2. The van der Waals surface area contributed by atoms with E-state index in [1.165, 1.54) is 0 Å². The number of halogens is 1. The summed E-state index contributed by atoms with van der Waals surface area (Å²) < 4.78 is 1.91. The van der Waals surface area contributed by atoms with Gasteiger partial charge in [-0.1, -0.05) is 23.7 Å². The van der Waals surface area contributed by atoms with Crippen LogP contribution in [0.1, 0.15) is 5.56 Å². The van der Waals surface area contributed by atoms with E-state index in [1.807, 2.05) is 42.9 Å². The summed E-state index contributed by atoms with van der Waals surface area (Å²) in [6.07, 6.45) is 3.63. The van der Waals surface area contributed by atoms with E-state index in [9.17, 15) is 0 Å². The van der Waals surface area contributed by atoms with Crippen LogP contribution < -0.4 is 5.32 Å². The number of nitrogens with zero attached hydrogens (tertiary/aromatic N) is 2. The van der Waals surface area contributed by atoms with E-state index in [0.29, 0.717) is 5.02 Å². The number of anilines is 2. The van der Waals surface area contributed by atoms with Gasteiger partial charge in [0, 0.05) is 19.4 Å². The van der Waals surface area contributed by atoms with Crippen LogP contribution in [-0.2, 0) is 7.05 Å². The van der Waals surface area contributed by atoms with Crippen molar-refractivity contribution in [1.29, 1.82) is 0 Å². The van der Waals surface area contributed by atoms with E-state index < -0.39 is 0 Å². The van der Waals surface area contributed by atoms with Crippen molar-refractivity contribution in [2.24, 2.45) is 7.05 Å². The molecule has 2 aromatic rings. The third-order valence-corrected chi connectivity index (χ3v) is 2.59. The summed E-state index contributed by atoms with van der Waals surface area (Å²) in [5.41, 5.74) is 2.01. The van der Waals surface area contributed by atoms with Crippen LogP contribution in [0.4, 0.5) is 11.6 Å². The molecule has 1 aromatic carbocycles. The molecule has 4 heteroatoms. The fourth-order valence-electron chi connectivity index (χ4n) is 1.39. The fraction of sp³-hybridized carbons (Fsp3) is 0.182. The maximum atomic E-state index is 6.10. The molecular formula is C11H12ClN3. The van der Waals surface area contributed by atoms with Crippen LogP contribution >= 0.6 is 11.6 Å². The quantitative estimate of drug-likeness (QED) is 0.845. The smallest absolute Gasteiger partial charge is 0.207 e. The number of hydrogen-bond acceptors (Lipinski definition) is 2. The normalized spacial score (nSPS) is 10.3. The number of aryl methyl sites for hydroxylation is 2. The molecule has 0 atom stereocenters. The van der Waals surface area contributed by atoms with Crippen LogP contribution in [0.15, 0.2) is 30.6 Å². The minimum Gasteiger partial charge on any atom is -0.324 e. The summed E-state index contributed by atoms with van der Waals surface area (Å²) in [4.78, 5) is 4.19. The van der Waals surface area contributed by atoms with Gasteiger partial charge in [0.25, 0.3) is 0 Å². The number of imidazole rings is 1. The van der Waals surface area contributed by atoms with Crippen LogP contribution in [0.3, 0.4) is 0 Å². The number of nitrogens with one attached hydrogen (secondary N) is 1. The van der Waals surface area contributed by atoms with Crippen molar-refractivity contribution >= 4 is 23.2 Å².